The molecule has 0 spiro atoms. The molecule has 2 rings (SSSR count). The molecule has 0 bridgehead atoms. The van der Waals surface area contributed by atoms with Gasteiger partial charge in [-0.2, -0.15) is 0 Å². The molecule has 0 heterocycles. The first-order valence-electron chi connectivity index (χ1n) is 7.94. The van der Waals surface area contributed by atoms with Crippen molar-refractivity contribution in [3.05, 3.63) is 59.7 Å². The standard InChI is InChI=1S/C19H23N3O3/c1-13(22(2)12-14-5-4-6-17(11-14)25-3)19(24)21-16-9-7-15(8-10-16)18(20)23/h4-11,13H,12H2,1-3H3,(H2,20,23)(H,21,24)/t13-/m0/s1. The number of hydrogen-bond acceptors (Lipinski definition) is 4. The lowest BCUT2D eigenvalue weighted by Gasteiger charge is -2.24. The molecule has 0 aromatic heterocycles. The average molecular weight is 341 g/mol. The molecule has 0 saturated carbocycles. The first kappa shape index (κ1) is 18.5. The second-order valence-corrected chi connectivity index (χ2v) is 5.87. The third-order valence-corrected chi connectivity index (χ3v) is 4.04. The quantitative estimate of drug-likeness (QED) is 0.809. The maximum atomic E-state index is 12.4. The fourth-order valence-corrected chi connectivity index (χ4v) is 2.36. The summed E-state index contributed by atoms with van der Waals surface area (Å²) in [5.41, 5.74) is 7.29. The third kappa shape index (κ3) is 5.06. The largest absolute Gasteiger partial charge is 0.497 e. The van der Waals surface area contributed by atoms with Crippen LogP contribution in [0.1, 0.15) is 22.8 Å². The summed E-state index contributed by atoms with van der Waals surface area (Å²) >= 11 is 0. The molecule has 3 N–H and O–H groups in total. The summed E-state index contributed by atoms with van der Waals surface area (Å²) in [6, 6.07) is 13.9. The van der Waals surface area contributed by atoms with Gasteiger partial charge >= 0.3 is 0 Å². The van der Waals surface area contributed by atoms with Crippen molar-refractivity contribution in [2.24, 2.45) is 5.73 Å². The number of nitrogens with zero attached hydrogens (tertiary/aromatic N) is 1. The maximum absolute atomic E-state index is 12.4. The third-order valence-electron chi connectivity index (χ3n) is 4.04. The Labute approximate surface area is 147 Å². The summed E-state index contributed by atoms with van der Waals surface area (Å²) in [4.78, 5) is 25.4. The highest BCUT2D eigenvalue weighted by Crippen LogP contribution is 2.16. The molecule has 0 fully saturated rings. The predicted octanol–water partition coefficient (Wildman–Crippen LogP) is 2.25. The van der Waals surface area contributed by atoms with E-state index in [4.69, 9.17) is 10.5 Å². The average Bonchev–Trinajstić information content (AvgIpc) is 2.61. The van der Waals surface area contributed by atoms with E-state index in [1.54, 1.807) is 31.4 Å². The number of methoxy groups -OCH3 is 1. The number of anilines is 1. The van der Waals surface area contributed by atoms with Crippen molar-refractivity contribution in [3.63, 3.8) is 0 Å². The van der Waals surface area contributed by atoms with Gasteiger partial charge in [0.25, 0.3) is 0 Å². The highest BCUT2D eigenvalue weighted by atomic mass is 16.5. The van der Waals surface area contributed by atoms with Gasteiger partial charge in [-0.25, -0.2) is 0 Å². The van der Waals surface area contributed by atoms with Crippen LogP contribution in [0.2, 0.25) is 0 Å². The molecule has 0 aliphatic carbocycles. The molecule has 0 radical (unpaired) electrons. The highest BCUT2D eigenvalue weighted by Gasteiger charge is 2.18. The number of carbonyl (C=O) groups excluding carboxylic acids is 2. The number of amides is 2. The monoisotopic (exact) mass is 341 g/mol. The number of benzene rings is 2. The number of ether oxygens (including phenoxy) is 1. The van der Waals surface area contributed by atoms with Gasteiger partial charge in [0, 0.05) is 17.8 Å². The molecule has 0 saturated heterocycles. The lowest BCUT2D eigenvalue weighted by Crippen LogP contribution is -2.39. The van der Waals surface area contributed by atoms with E-state index in [0.29, 0.717) is 17.8 Å². The summed E-state index contributed by atoms with van der Waals surface area (Å²) in [6.07, 6.45) is 0. The minimum Gasteiger partial charge on any atom is -0.497 e. The highest BCUT2D eigenvalue weighted by molar-refractivity contribution is 5.96. The normalized spacial score (nSPS) is 11.8. The smallest absolute Gasteiger partial charge is 0.248 e. The number of likely N-dealkylation sites (N-methyl/N-ethyl adjacent to an activating group) is 1. The first-order chi connectivity index (χ1) is 11.9. The second kappa shape index (κ2) is 8.30. The maximum Gasteiger partial charge on any atom is 0.248 e. The summed E-state index contributed by atoms with van der Waals surface area (Å²) in [6.45, 7) is 2.46. The fourth-order valence-electron chi connectivity index (χ4n) is 2.36. The molecule has 132 valence electrons. The van der Waals surface area contributed by atoms with E-state index in [0.717, 1.165) is 11.3 Å². The number of rotatable bonds is 7. The first-order valence-corrected chi connectivity index (χ1v) is 7.94. The van der Waals surface area contributed by atoms with Crippen LogP contribution in [0.3, 0.4) is 0 Å². The molecule has 0 aliphatic heterocycles. The number of carbonyl (C=O) groups is 2. The minimum atomic E-state index is -0.496. The van der Waals surface area contributed by atoms with Crippen LogP contribution in [-0.2, 0) is 11.3 Å². The van der Waals surface area contributed by atoms with E-state index in [9.17, 15) is 9.59 Å². The van der Waals surface area contributed by atoms with E-state index in [1.807, 2.05) is 43.1 Å². The Bertz CT molecular complexity index is 744. The lowest BCUT2D eigenvalue weighted by atomic mass is 10.1. The molecule has 1 atom stereocenters. The molecule has 25 heavy (non-hydrogen) atoms. The Morgan fingerprint density at radius 3 is 2.48 bits per heavy atom. The van der Waals surface area contributed by atoms with Crippen molar-refractivity contribution in [2.75, 3.05) is 19.5 Å². The summed E-state index contributed by atoms with van der Waals surface area (Å²) in [7, 11) is 3.52. The van der Waals surface area contributed by atoms with Gasteiger partial charge in [0.1, 0.15) is 5.75 Å². The van der Waals surface area contributed by atoms with Gasteiger partial charge in [0.2, 0.25) is 11.8 Å². The van der Waals surface area contributed by atoms with E-state index in [-0.39, 0.29) is 11.9 Å². The number of primary amides is 1. The van der Waals surface area contributed by atoms with Crippen molar-refractivity contribution < 1.29 is 14.3 Å². The van der Waals surface area contributed by atoms with Gasteiger partial charge in [-0.1, -0.05) is 12.1 Å². The molecule has 6 nitrogen and oxygen atoms in total. The Morgan fingerprint density at radius 1 is 1.20 bits per heavy atom. The number of nitrogens with two attached hydrogens (primary N) is 1. The van der Waals surface area contributed by atoms with Crippen molar-refractivity contribution in [1.82, 2.24) is 4.90 Å². The number of nitrogens with one attached hydrogen (secondary N) is 1. The van der Waals surface area contributed by atoms with E-state index in [2.05, 4.69) is 5.32 Å². The SMILES string of the molecule is COc1cccc(CN(C)[C@@H](C)C(=O)Nc2ccc(C(N)=O)cc2)c1. The van der Waals surface area contributed by atoms with Crippen molar-refractivity contribution >= 4 is 17.5 Å². The predicted molar refractivity (Wildman–Crippen MR) is 97.5 cm³/mol. The molecule has 0 aliphatic rings. The van der Waals surface area contributed by atoms with Crippen LogP contribution in [0.25, 0.3) is 0 Å². The zero-order valence-electron chi connectivity index (χ0n) is 14.7. The topological polar surface area (TPSA) is 84.7 Å². The van der Waals surface area contributed by atoms with E-state index in [1.165, 1.54) is 0 Å². The molecule has 0 unspecified atom stereocenters. The van der Waals surface area contributed by atoms with Crippen LogP contribution in [-0.4, -0.2) is 36.9 Å². The Hall–Kier alpha value is -2.86. The second-order valence-electron chi connectivity index (χ2n) is 5.87. The molecule has 6 heteroatoms. The van der Waals surface area contributed by atoms with Crippen LogP contribution in [0.5, 0.6) is 5.75 Å². The van der Waals surface area contributed by atoms with Gasteiger partial charge in [-0.3, -0.25) is 14.5 Å². The van der Waals surface area contributed by atoms with Crippen LogP contribution < -0.4 is 15.8 Å². The van der Waals surface area contributed by atoms with Gasteiger partial charge in [-0.05, 0) is 55.9 Å². The van der Waals surface area contributed by atoms with Crippen LogP contribution in [0, 0.1) is 0 Å². The van der Waals surface area contributed by atoms with Gasteiger partial charge in [0.15, 0.2) is 0 Å². The molecule has 2 aromatic carbocycles. The summed E-state index contributed by atoms with van der Waals surface area (Å²) < 4.78 is 5.22. The minimum absolute atomic E-state index is 0.128. The van der Waals surface area contributed by atoms with Crippen molar-refractivity contribution in [2.45, 2.75) is 19.5 Å². The van der Waals surface area contributed by atoms with E-state index >= 15 is 0 Å². The Kier molecular flexibility index (Phi) is 6.14. The summed E-state index contributed by atoms with van der Waals surface area (Å²) in [5, 5.41) is 2.84. The zero-order valence-corrected chi connectivity index (χ0v) is 14.7. The molecular formula is C19H23N3O3. The fraction of sp³-hybridized carbons (Fsp3) is 0.263. The molecule has 2 amide bonds. The molecule has 2 aromatic rings. The van der Waals surface area contributed by atoms with Crippen LogP contribution in [0.4, 0.5) is 5.69 Å². The van der Waals surface area contributed by atoms with Gasteiger partial charge in [0.05, 0.1) is 13.2 Å². The van der Waals surface area contributed by atoms with Crippen molar-refractivity contribution in [3.8, 4) is 5.75 Å². The lowest BCUT2D eigenvalue weighted by molar-refractivity contribution is -0.120. The van der Waals surface area contributed by atoms with E-state index < -0.39 is 5.91 Å². The van der Waals surface area contributed by atoms with Gasteiger partial charge < -0.3 is 15.8 Å². The Balaban J connectivity index is 1.97. The van der Waals surface area contributed by atoms with Gasteiger partial charge in [-0.15, -0.1) is 0 Å². The molecular weight excluding hydrogens is 318 g/mol. The summed E-state index contributed by atoms with van der Waals surface area (Å²) in [5.74, 6) is 0.166. The van der Waals surface area contributed by atoms with Crippen LogP contribution in [0.15, 0.2) is 48.5 Å². The zero-order chi connectivity index (χ0) is 18.4. The van der Waals surface area contributed by atoms with Crippen LogP contribution >= 0.6 is 0 Å². The number of hydrogen-bond donors (Lipinski definition) is 2. The Morgan fingerprint density at radius 2 is 1.88 bits per heavy atom. The van der Waals surface area contributed by atoms with Crippen molar-refractivity contribution in [1.29, 1.82) is 0 Å².